The molecule has 0 aliphatic rings. The van der Waals surface area contributed by atoms with Gasteiger partial charge >= 0.3 is 0 Å². The highest BCUT2D eigenvalue weighted by molar-refractivity contribution is 5.49. The van der Waals surface area contributed by atoms with Crippen LogP contribution >= 0.6 is 0 Å². The quantitative estimate of drug-likeness (QED) is 0.687. The monoisotopic (exact) mass is 206 g/mol. The molecule has 0 aromatic heterocycles. The fourth-order valence-corrected chi connectivity index (χ4v) is 1.51. The van der Waals surface area contributed by atoms with E-state index in [9.17, 15) is 0 Å². The van der Waals surface area contributed by atoms with Crippen LogP contribution in [0.15, 0.2) is 30.9 Å². The van der Waals surface area contributed by atoms with E-state index in [4.69, 9.17) is 9.47 Å². The van der Waals surface area contributed by atoms with Crippen molar-refractivity contribution in [2.45, 2.75) is 19.8 Å². The van der Waals surface area contributed by atoms with Gasteiger partial charge in [0.2, 0.25) is 0 Å². The van der Waals surface area contributed by atoms with Gasteiger partial charge in [-0.3, -0.25) is 0 Å². The topological polar surface area (TPSA) is 18.5 Å². The number of hydrogen-bond acceptors (Lipinski definition) is 2. The van der Waals surface area contributed by atoms with Crippen molar-refractivity contribution < 1.29 is 9.47 Å². The Kier molecular flexibility index (Phi) is 4.22. The van der Waals surface area contributed by atoms with Gasteiger partial charge in [0, 0.05) is 11.5 Å². The fourth-order valence-electron chi connectivity index (χ4n) is 1.51. The number of rotatable bonds is 5. The number of hydrogen-bond donors (Lipinski definition) is 0. The lowest BCUT2D eigenvalue weighted by molar-refractivity contribution is 0.309. The van der Waals surface area contributed by atoms with Gasteiger partial charge in [0.25, 0.3) is 0 Å². The van der Waals surface area contributed by atoms with Gasteiger partial charge in [-0.2, -0.15) is 0 Å². The summed E-state index contributed by atoms with van der Waals surface area (Å²) in [6.07, 6.45) is 1.90. The van der Waals surface area contributed by atoms with Crippen LogP contribution < -0.4 is 9.47 Å². The van der Waals surface area contributed by atoms with Crippen molar-refractivity contribution in [3.05, 3.63) is 36.4 Å². The molecule has 0 aliphatic carbocycles. The van der Waals surface area contributed by atoms with Crippen molar-refractivity contribution in [2.75, 3.05) is 13.7 Å². The van der Waals surface area contributed by atoms with Crippen LogP contribution in [-0.4, -0.2) is 13.7 Å². The molecule has 0 N–H and O–H groups in total. The van der Waals surface area contributed by atoms with E-state index >= 15 is 0 Å². The Morgan fingerprint density at radius 2 is 2.20 bits per heavy atom. The SMILES string of the molecule is C=CC(C)c1cccc(OCC)c1OC. The maximum atomic E-state index is 5.50. The molecule has 0 heterocycles. The van der Waals surface area contributed by atoms with Crippen LogP contribution in [0.4, 0.5) is 0 Å². The van der Waals surface area contributed by atoms with Gasteiger partial charge in [0.15, 0.2) is 11.5 Å². The largest absolute Gasteiger partial charge is 0.493 e. The molecule has 82 valence electrons. The second kappa shape index (κ2) is 5.44. The summed E-state index contributed by atoms with van der Waals surface area (Å²) in [5, 5.41) is 0. The maximum Gasteiger partial charge on any atom is 0.164 e. The summed E-state index contributed by atoms with van der Waals surface area (Å²) >= 11 is 0. The van der Waals surface area contributed by atoms with E-state index in [2.05, 4.69) is 13.5 Å². The number of allylic oxidation sites excluding steroid dienone is 1. The second-order valence-corrected chi connectivity index (χ2v) is 3.34. The Labute approximate surface area is 91.5 Å². The molecular weight excluding hydrogens is 188 g/mol. The van der Waals surface area contributed by atoms with E-state index in [1.54, 1.807) is 7.11 Å². The zero-order valence-electron chi connectivity index (χ0n) is 9.62. The minimum Gasteiger partial charge on any atom is -0.493 e. The molecule has 0 aliphatic heterocycles. The molecule has 0 bridgehead atoms. The standard InChI is InChI=1S/C13H18O2/c1-5-10(3)11-8-7-9-12(15-6-2)13(11)14-4/h5,7-10H,1,6H2,2-4H3. The van der Waals surface area contributed by atoms with E-state index in [1.165, 1.54) is 0 Å². The number of methoxy groups -OCH3 is 1. The lowest BCUT2D eigenvalue weighted by Crippen LogP contribution is -2.00. The van der Waals surface area contributed by atoms with E-state index in [0.29, 0.717) is 6.61 Å². The normalized spacial score (nSPS) is 11.9. The van der Waals surface area contributed by atoms with Crippen LogP contribution in [0, 0.1) is 0 Å². The number of para-hydroxylation sites is 1. The van der Waals surface area contributed by atoms with E-state index in [0.717, 1.165) is 17.1 Å². The fraction of sp³-hybridized carbons (Fsp3) is 0.385. The number of ether oxygens (including phenoxy) is 2. The van der Waals surface area contributed by atoms with E-state index < -0.39 is 0 Å². The van der Waals surface area contributed by atoms with Crippen molar-refractivity contribution in [3.8, 4) is 11.5 Å². The maximum absolute atomic E-state index is 5.50. The molecular formula is C13H18O2. The Bertz CT molecular complexity index is 331. The predicted octanol–water partition coefficient (Wildman–Crippen LogP) is 3.38. The summed E-state index contributed by atoms with van der Waals surface area (Å²) in [6.45, 7) is 8.48. The molecule has 2 heteroatoms. The summed E-state index contributed by atoms with van der Waals surface area (Å²) in [4.78, 5) is 0. The van der Waals surface area contributed by atoms with Gasteiger partial charge in [0.1, 0.15) is 0 Å². The third kappa shape index (κ3) is 2.52. The van der Waals surface area contributed by atoms with Crippen molar-refractivity contribution in [1.82, 2.24) is 0 Å². The van der Waals surface area contributed by atoms with Crippen molar-refractivity contribution >= 4 is 0 Å². The smallest absolute Gasteiger partial charge is 0.164 e. The third-order valence-corrected chi connectivity index (χ3v) is 2.36. The molecule has 1 atom stereocenters. The molecule has 0 saturated heterocycles. The van der Waals surface area contributed by atoms with E-state index in [1.807, 2.05) is 31.2 Å². The highest BCUT2D eigenvalue weighted by atomic mass is 16.5. The summed E-state index contributed by atoms with van der Waals surface area (Å²) in [5.41, 5.74) is 1.11. The predicted molar refractivity (Wildman–Crippen MR) is 62.8 cm³/mol. The molecule has 15 heavy (non-hydrogen) atoms. The first-order valence-electron chi connectivity index (χ1n) is 5.16. The lowest BCUT2D eigenvalue weighted by Gasteiger charge is -2.15. The highest BCUT2D eigenvalue weighted by Gasteiger charge is 2.12. The first kappa shape index (κ1) is 11.6. The zero-order chi connectivity index (χ0) is 11.3. The lowest BCUT2D eigenvalue weighted by atomic mass is 10.00. The van der Waals surface area contributed by atoms with Gasteiger partial charge < -0.3 is 9.47 Å². The Morgan fingerprint density at radius 1 is 1.47 bits per heavy atom. The third-order valence-electron chi connectivity index (χ3n) is 2.36. The molecule has 1 unspecified atom stereocenters. The average Bonchev–Trinajstić information content (AvgIpc) is 2.28. The van der Waals surface area contributed by atoms with Gasteiger partial charge in [-0.25, -0.2) is 0 Å². The molecule has 0 fully saturated rings. The molecule has 1 aromatic carbocycles. The first-order valence-corrected chi connectivity index (χ1v) is 5.16. The van der Waals surface area contributed by atoms with Gasteiger partial charge in [0.05, 0.1) is 13.7 Å². The minimum absolute atomic E-state index is 0.264. The summed E-state index contributed by atoms with van der Waals surface area (Å²) in [7, 11) is 1.66. The molecule has 0 saturated carbocycles. The number of benzene rings is 1. The van der Waals surface area contributed by atoms with Crippen LogP contribution in [0.25, 0.3) is 0 Å². The van der Waals surface area contributed by atoms with Gasteiger partial charge in [-0.15, -0.1) is 6.58 Å². The molecule has 0 spiro atoms. The van der Waals surface area contributed by atoms with Gasteiger partial charge in [-0.05, 0) is 13.0 Å². The molecule has 1 aromatic rings. The molecule has 0 radical (unpaired) electrons. The minimum atomic E-state index is 0.264. The van der Waals surface area contributed by atoms with Crippen LogP contribution in [0.3, 0.4) is 0 Å². The molecule has 2 nitrogen and oxygen atoms in total. The summed E-state index contributed by atoms with van der Waals surface area (Å²) < 4.78 is 10.9. The van der Waals surface area contributed by atoms with E-state index in [-0.39, 0.29) is 5.92 Å². The van der Waals surface area contributed by atoms with Crippen molar-refractivity contribution in [1.29, 1.82) is 0 Å². The first-order chi connectivity index (χ1) is 7.24. The van der Waals surface area contributed by atoms with Crippen LogP contribution in [0.5, 0.6) is 11.5 Å². The molecule has 0 amide bonds. The second-order valence-electron chi connectivity index (χ2n) is 3.34. The summed E-state index contributed by atoms with van der Waals surface area (Å²) in [5.74, 6) is 1.87. The van der Waals surface area contributed by atoms with Crippen LogP contribution in [-0.2, 0) is 0 Å². The van der Waals surface area contributed by atoms with Crippen molar-refractivity contribution in [3.63, 3.8) is 0 Å². The molecule has 1 rings (SSSR count). The van der Waals surface area contributed by atoms with Gasteiger partial charge in [-0.1, -0.05) is 25.1 Å². The highest BCUT2D eigenvalue weighted by Crippen LogP contribution is 2.35. The van der Waals surface area contributed by atoms with Crippen LogP contribution in [0.2, 0.25) is 0 Å². The Balaban J connectivity index is 3.15. The zero-order valence-corrected chi connectivity index (χ0v) is 9.62. The Hall–Kier alpha value is -1.44. The van der Waals surface area contributed by atoms with Crippen LogP contribution in [0.1, 0.15) is 25.3 Å². The van der Waals surface area contributed by atoms with Crippen molar-refractivity contribution in [2.24, 2.45) is 0 Å². The average molecular weight is 206 g/mol. The summed E-state index contributed by atoms with van der Waals surface area (Å²) in [6, 6.07) is 5.93. The Morgan fingerprint density at radius 3 is 2.73 bits per heavy atom.